The molecule has 150 valence electrons. The Bertz CT molecular complexity index is 1020. The third-order valence-corrected chi connectivity index (χ3v) is 4.15. The van der Waals surface area contributed by atoms with Crippen molar-refractivity contribution in [3.63, 3.8) is 0 Å². The lowest BCUT2D eigenvalue weighted by molar-refractivity contribution is -0.274. The molecule has 0 aliphatic carbocycles. The van der Waals surface area contributed by atoms with Crippen LogP contribution in [0.4, 0.5) is 24.8 Å². The zero-order valence-electron chi connectivity index (χ0n) is 15.1. The molecule has 0 spiro atoms. The molecule has 0 fully saturated rings. The van der Waals surface area contributed by atoms with E-state index >= 15 is 0 Å². The zero-order chi connectivity index (χ0) is 20.3. The molecule has 0 radical (unpaired) electrons. The van der Waals surface area contributed by atoms with Crippen molar-refractivity contribution in [2.24, 2.45) is 0 Å². The van der Waals surface area contributed by atoms with E-state index < -0.39 is 6.36 Å². The second-order valence-electron chi connectivity index (χ2n) is 6.14. The van der Waals surface area contributed by atoms with Crippen LogP contribution in [0.25, 0.3) is 11.4 Å². The zero-order valence-corrected chi connectivity index (χ0v) is 15.1. The fourth-order valence-corrected chi connectivity index (χ4v) is 2.90. The molecular formula is C19H16F3N5O2. The number of nitrogens with one attached hydrogen (secondary N) is 1. The first-order valence-corrected chi connectivity index (χ1v) is 8.75. The largest absolute Gasteiger partial charge is 0.573 e. The number of rotatable bonds is 5. The highest BCUT2D eigenvalue weighted by molar-refractivity contribution is 5.74. The SMILES string of the molecule is FC(F)(F)Oc1cc(Nc2ncn(-c3ccccn3)n2)ccc1C1=CCOCC1. The molecule has 1 N–H and O–H groups in total. The molecular weight excluding hydrogens is 387 g/mol. The van der Waals surface area contributed by atoms with Crippen molar-refractivity contribution in [1.29, 1.82) is 0 Å². The lowest BCUT2D eigenvalue weighted by Crippen LogP contribution is -2.18. The van der Waals surface area contributed by atoms with Crippen molar-refractivity contribution in [1.82, 2.24) is 19.7 Å². The monoisotopic (exact) mass is 403 g/mol. The summed E-state index contributed by atoms with van der Waals surface area (Å²) in [5.41, 5.74) is 1.49. The van der Waals surface area contributed by atoms with Gasteiger partial charge in [0.05, 0.1) is 13.2 Å². The third-order valence-electron chi connectivity index (χ3n) is 4.15. The summed E-state index contributed by atoms with van der Waals surface area (Å²) in [5.74, 6) is 0.488. The maximum atomic E-state index is 12.9. The van der Waals surface area contributed by atoms with Gasteiger partial charge in [-0.1, -0.05) is 12.1 Å². The quantitative estimate of drug-likeness (QED) is 0.691. The van der Waals surface area contributed by atoms with Crippen LogP contribution in [-0.2, 0) is 4.74 Å². The first-order valence-electron chi connectivity index (χ1n) is 8.75. The summed E-state index contributed by atoms with van der Waals surface area (Å²) in [6.45, 7) is 0.807. The fraction of sp³-hybridized carbons (Fsp3) is 0.211. The van der Waals surface area contributed by atoms with Gasteiger partial charge in [-0.2, -0.15) is 4.98 Å². The van der Waals surface area contributed by atoms with Gasteiger partial charge < -0.3 is 14.8 Å². The molecule has 29 heavy (non-hydrogen) atoms. The molecule has 0 saturated heterocycles. The Morgan fingerprint density at radius 2 is 2.03 bits per heavy atom. The average Bonchev–Trinajstić information content (AvgIpc) is 3.17. The molecule has 10 heteroatoms. The molecule has 0 bridgehead atoms. The van der Waals surface area contributed by atoms with Gasteiger partial charge >= 0.3 is 6.36 Å². The topological polar surface area (TPSA) is 74.1 Å². The van der Waals surface area contributed by atoms with Crippen molar-refractivity contribution in [2.45, 2.75) is 12.8 Å². The van der Waals surface area contributed by atoms with E-state index in [0.29, 0.717) is 36.7 Å². The van der Waals surface area contributed by atoms with E-state index in [1.807, 2.05) is 6.07 Å². The maximum absolute atomic E-state index is 12.9. The Labute approximate surface area is 163 Å². The fourth-order valence-electron chi connectivity index (χ4n) is 2.90. The van der Waals surface area contributed by atoms with Crippen LogP contribution in [-0.4, -0.2) is 39.3 Å². The summed E-state index contributed by atoms with van der Waals surface area (Å²) in [6, 6.07) is 9.84. The van der Waals surface area contributed by atoms with Crippen molar-refractivity contribution in [2.75, 3.05) is 18.5 Å². The van der Waals surface area contributed by atoms with E-state index in [1.165, 1.54) is 17.1 Å². The minimum atomic E-state index is -4.81. The van der Waals surface area contributed by atoms with E-state index in [2.05, 4.69) is 25.1 Å². The van der Waals surface area contributed by atoms with Crippen LogP contribution >= 0.6 is 0 Å². The van der Waals surface area contributed by atoms with Gasteiger partial charge in [0.1, 0.15) is 12.1 Å². The van der Waals surface area contributed by atoms with Crippen molar-refractivity contribution >= 4 is 17.2 Å². The van der Waals surface area contributed by atoms with Crippen LogP contribution in [0.3, 0.4) is 0 Å². The highest BCUT2D eigenvalue weighted by Crippen LogP contribution is 2.36. The Morgan fingerprint density at radius 1 is 1.14 bits per heavy atom. The normalized spacial score (nSPS) is 14.4. The van der Waals surface area contributed by atoms with Gasteiger partial charge in [-0.05, 0) is 36.3 Å². The first-order chi connectivity index (χ1) is 14.0. The lowest BCUT2D eigenvalue weighted by Gasteiger charge is -2.19. The van der Waals surface area contributed by atoms with Crippen molar-refractivity contribution in [3.05, 3.63) is 60.6 Å². The van der Waals surface area contributed by atoms with E-state index in [1.54, 1.807) is 36.5 Å². The summed E-state index contributed by atoms with van der Waals surface area (Å²) in [6.07, 6.45) is 0.535. The van der Waals surface area contributed by atoms with Crippen molar-refractivity contribution in [3.8, 4) is 11.6 Å². The van der Waals surface area contributed by atoms with Gasteiger partial charge in [0.25, 0.3) is 0 Å². The number of hydrogen-bond donors (Lipinski definition) is 1. The predicted molar refractivity (Wildman–Crippen MR) is 99.0 cm³/mol. The van der Waals surface area contributed by atoms with Crippen LogP contribution in [0.15, 0.2) is 55.0 Å². The second kappa shape index (κ2) is 7.92. The molecule has 0 saturated carbocycles. The van der Waals surface area contributed by atoms with Crippen LogP contribution in [0, 0.1) is 0 Å². The maximum Gasteiger partial charge on any atom is 0.573 e. The Balaban J connectivity index is 1.60. The van der Waals surface area contributed by atoms with Crippen LogP contribution in [0.2, 0.25) is 0 Å². The Kier molecular flexibility index (Phi) is 5.17. The molecule has 0 unspecified atom stereocenters. The Hall–Kier alpha value is -3.40. The predicted octanol–water partition coefficient (Wildman–Crippen LogP) is 4.11. The summed E-state index contributed by atoms with van der Waals surface area (Å²) in [4.78, 5) is 8.27. The van der Waals surface area contributed by atoms with E-state index in [4.69, 9.17) is 4.74 Å². The van der Waals surface area contributed by atoms with Gasteiger partial charge in [0.2, 0.25) is 5.95 Å². The molecule has 0 atom stereocenters. The standard InChI is InChI=1S/C19H16F3N5O2/c20-19(21,22)29-16-11-14(4-5-15(16)13-6-9-28-10-7-13)25-18-24-12-27(26-18)17-3-1-2-8-23-17/h1-6,8,11-12H,7,9-10H2,(H,25,26). The summed E-state index contributed by atoms with van der Waals surface area (Å²) < 4.78 is 49.7. The average molecular weight is 403 g/mol. The van der Waals surface area contributed by atoms with Gasteiger partial charge in [-0.15, -0.1) is 18.3 Å². The molecule has 7 nitrogen and oxygen atoms in total. The highest BCUT2D eigenvalue weighted by Gasteiger charge is 2.32. The number of pyridine rings is 1. The van der Waals surface area contributed by atoms with Crippen LogP contribution in [0.1, 0.15) is 12.0 Å². The smallest absolute Gasteiger partial charge is 0.405 e. The summed E-state index contributed by atoms with van der Waals surface area (Å²) in [7, 11) is 0. The van der Waals surface area contributed by atoms with Gasteiger partial charge in [0, 0.05) is 23.5 Å². The third kappa shape index (κ3) is 4.72. The van der Waals surface area contributed by atoms with Gasteiger partial charge in [-0.25, -0.2) is 9.67 Å². The Morgan fingerprint density at radius 3 is 2.76 bits per heavy atom. The van der Waals surface area contributed by atoms with E-state index in [-0.39, 0.29) is 11.7 Å². The minimum absolute atomic E-state index is 0.214. The number of hydrogen-bond acceptors (Lipinski definition) is 6. The minimum Gasteiger partial charge on any atom is -0.405 e. The number of benzene rings is 1. The van der Waals surface area contributed by atoms with Crippen LogP contribution in [0.5, 0.6) is 5.75 Å². The number of alkyl halides is 3. The number of halogens is 3. The molecule has 1 aromatic carbocycles. The van der Waals surface area contributed by atoms with Crippen LogP contribution < -0.4 is 10.1 Å². The molecule has 2 aromatic heterocycles. The molecule has 3 heterocycles. The van der Waals surface area contributed by atoms with Gasteiger partial charge in [-0.3, -0.25) is 0 Å². The number of anilines is 2. The number of aromatic nitrogens is 4. The van der Waals surface area contributed by atoms with E-state index in [9.17, 15) is 13.2 Å². The second-order valence-corrected chi connectivity index (χ2v) is 6.14. The molecule has 4 rings (SSSR count). The highest BCUT2D eigenvalue weighted by atomic mass is 19.4. The molecule has 1 aliphatic heterocycles. The summed E-state index contributed by atoms with van der Waals surface area (Å²) >= 11 is 0. The number of nitrogens with zero attached hydrogens (tertiary/aromatic N) is 4. The first kappa shape index (κ1) is 18.9. The lowest BCUT2D eigenvalue weighted by atomic mass is 10.00. The van der Waals surface area contributed by atoms with E-state index in [0.717, 1.165) is 5.57 Å². The van der Waals surface area contributed by atoms with Crippen molar-refractivity contribution < 1.29 is 22.6 Å². The molecule has 0 amide bonds. The number of ether oxygens (including phenoxy) is 2. The molecule has 1 aliphatic rings. The van der Waals surface area contributed by atoms with Gasteiger partial charge in [0.15, 0.2) is 5.82 Å². The molecule has 3 aromatic rings. The summed E-state index contributed by atoms with van der Waals surface area (Å²) in [5, 5.41) is 7.12.